The standard InChI is InChI=1S/C13H14N6O/c1-14-13-17-11-10(8-16-19-11)12(18-13)20-7-5-9-4-2-3-6-15-9/h2-4,6,8H,5,7H2,1H3,(H2,14,16,17,18,19). The number of fused-ring (bicyclic) bond motifs is 1. The lowest BCUT2D eigenvalue weighted by molar-refractivity contribution is 0.312. The fraction of sp³-hybridized carbons (Fsp3) is 0.231. The van der Waals surface area contributed by atoms with E-state index in [0.29, 0.717) is 24.1 Å². The van der Waals surface area contributed by atoms with Crippen LogP contribution in [0.4, 0.5) is 5.95 Å². The second-order valence-electron chi connectivity index (χ2n) is 4.15. The highest BCUT2D eigenvalue weighted by Gasteiger charge is 2.10. The van der Waals surface area contributed by atoms with Gasteiger partial charge in [-0.15, -0.1) is 0 Å². The van der Waals surface area contributed by atoms with Gasteiger partial charge in [-0.05, 0) is 12.1 Å². The molecule has 7 nitrogen and oxygen atoms in total. The second kappa shape index (κ2) is 5.52. The Bertz CT molecular complexity index is 696. The van der Waals surface area contributed by atoms with Gasteiger partial charge in [0.2, 0.25) is 11.8 Å². The minimum atomic E-state index is 0.495. The molecular formula is C13H14N6O. The predicted molar refractivity (Wildman–Crippen MR) is 74.7 cm³/mol. The molecule has 0 spiro atoms. The summed E-state index contributed by atoms with van der Waals surface area (Å²) in [5, 5.41) is 10.4. The molecule has 0 aromatic carbocycles. The molecule has 0 aliphatic heterocycles. The van der Waals surface area contributed by atoms with Gasteiger partial charge >= 0.3 is 0 Å². The molecule has 7 heteroatoms. The van der Waals surface area contributed by atoms with Crippen LogP contribution in [-0.2, 0) is 6.42 Å². The molecule has 20 heavy (non-hydrogen) atoms. The summed E-state index contributed by atoms with van der Waals surface area (Å²) in [7, 11) is 1.76. The van der Waals surface area contributed by atoms with E-state index in [1.165, 1.54) is 0 Å². The lowest BCUT2D eigenvalue weighted by Gasteiger charge is -2.07. The van der Waals surface area contributed by atoms with Crippen molar-refractivity contribution in [1.82, 2.24) is 25.1 Å². The van der Waals surface area contributed by atoms with Crippen LogP contribution in [0.2, 0.25) is 0 Å². The zero-order chi connectivity index (χ0) is 13.8. The maximum absolute atomic E-state index is 5.73. The number of ether oxygens (including phenoxy) is 1. The number of aromatic nitrogens is 5. The van der Waals surface area contributed by atoms with E-state index in [1.54, 1.807) is 19.4 Å². The average Bonchev–Trinajstić information content (AvgIpc) is 2.96. The largest absolute Gasteiger partial charge is 0.477 e. The van der Waals surface area contributed by atoms with E-state index < -0.39 is 0 Å². The Kier molecular flexibility index (Phi) is 3.40. The lowest BCUT2D eigenvalue weighted by Crippen LogP contribution is -2.06. The molecule has 3 heterocycles. The average molecular weight is 270 g/mol. The number of hydrogen-bond donors (Lipinski definition) is 2. The Morgan fingerprint density at radius 3 is 3.05 bits per heavy atom. The summed E-state index contributed by atoms with van der Waals surface area (Å²) in [6.45, 7) is 0.497. The molecule has 102 valence electrons. The van der Waals surface area contributed by atoms with Crippen LogP contribution in [0.5, 0.6) is 5.88 Å². The van der Waals surface area contributed by atoms with Crippen molar-refractivity contribution in [3.8, 4) is 5.88 Å². The maximum Gasteiger partial charge on any atom is 0.229 e. The number of hydrogen-bond acceptors (Lipinski definition) is 6. The van der Waals surface area contributed by atoms with Crippen molar-refractivity contribution in [2.24, 2.45) is 0 Å². The molecule has 0 radical (unpaired) electrons. The van der Waals surface area contributed by atoms with Crippen LogP contribution < -0.4 is 10.1 Å². The van der Waals surface area contributed by atoms with Crippen LogP contribution >= 0.6 is 0 Å². The summed E-state index contributed by atoms with van der Waals surface area (Å²) in [6, 6.07) is 5.82. The first kappa shape index (κ1) is 12.3. The van der Waals surface area contributed by atoms with E-state index in [-0.39, 0.29) is 0 Å². The summed E-state index contributed by atoms with van der Waals surface area (Å²) in [5.41, 5.74) is 1.64. The molecule has 0 unspecified atom stereocenters. The van der Waals surface area contributed by atoms with Gasteiger partial charge in [-0.25, -0.2) is 0 Å². The summed E-state index contributed by atoms with van der Waals surface area (Å²) in [6.07, 6.45) is 4.15. The van der Waals surface area contributed by atoms with Crippen LogP contribution in [0.1, 0.15) is 5.69 Å². The van der Waals surface area contributed by atoms with Crippen molar-refractivity contribution in [2.75, 3.05) is 19.0 Å². The van der Waals surface area contributed by atoms with Crippen LogP contribution in [0.25, 0.3) is 11.0 Å². The predicted octanol–water partition coefficient (Wildman–Crippen LogP) is 1.41. The van der Waals surface area contributed by atoms with Crippen molar-refractivity contribution in [2.45, 2.75) is 6.42 Å². The van der Waals surface area contributed by atoms with Crippen molar-refractivity contribution in [3.63, 3.8) is 0 Å². The number of nitrogens with zero attached hydrogens (tertiary/aromatic N) is 4. The number of anilines is 1. The molecule has 0 saturated heterocycles. The first-order valence-electron chi connectivity index (χ1n) is 6.28. The van der Waals surface area contributed by atoms with Crippen LogP contribution in [0.15, 0.2) is 30.6 Å². The molecule has 0 fully saturated rings. The van der Waals surface area contributed by atoms with Gasteiger partial charge in [-0.1, -0.05) is 6.07 Å². The monoisotopic (exact) mass is 270 g/mol. The Balaban J connectivity index is 1.75. The molecule has 3 aromatic rings. The zero-order valence-corrected chi connectivity index (χ0v) is 11.0. The third-order valence-electron chi connectivity index (χ3n) is 2.82. The number of aromatic amines is 1. The van der Waals surface area contributed by atoms with Gasteiger partial charge in [0.15, 0.2) is 5.65 Å². The van der Waals surface area contributed by atoms with Crippen LogP contribution in [0, 0.1) is 0 Å². The molecule has 0 saturated carbocycles. The molecule has 0 atom stereocenters. The molecule has 3 rings (SSSR count). The van der Waals surface area contributed by atoms with E-state index in [2.05, 4.69) is 30.5 Å². The summed E-state index contributed by atoms with van der Waals surface area (Å²) < 4.78 is 5.73. The quantitative estimate of drug-likeness (QED) is 0.728. The highest BCUT2D eigenvalue weighted by Crippen LogP contribution is 2.21. The Hall–Kier alpha value is -2.70. The normalized spacial score (nSPS) is 10.7. The first-order chi connectivity index (χ1) is 9.86. The molecule has 3 aromatic heterocycles. The van der Waals surface area contributed by atoms with Gasteiger partial charge < -0.3 is 10.1 Å². The Morgan fingerprint density at radius 1 is 1.30 bits per heavy atom. The van der Waals surface area contributed by atoms with Gasteiger partial charge in [0.25, 0.3) is 0 Å². The SMILES string of the molecule is CNc1nc(OCCc2ccccn2)c2cn[nH]c2n1. The van der Waals surface area contributed by atoms with E-state index in [1.807, 2.05) is 18.2 Å². The third-order valence-corrected chi connectivity index (χ3v) is 2.82. The lowest BCUT2D eigenvalue weighted by atomic mass is 10.3. The maximum atomic E-state index is 5.73. The van der Waals surface area contributed by atoms with Crippen molar-refractivity contribution < 1.29 is 4.74 Å². The second-order valence-corrected chi connectivity index (χ2v) is 4.15. The summed E-state index contributed by atoms with van der Waals surface area (Å²) in [4.78, 5) is 12.8. The fourth-order valence-electron chi connectivity index (χ4n) is 1.83. The van der Waals surface area contributed by atoms with E-state index >= 15 is 0 Å². The number of H-pyrrole nitrogens is 1. The number of pyridine rings is 1. The smallest absolute Gasteiger partial charge is 0.229 e. The molecule has 0 bridgehead atoms. The molecule has 2 N–H and O–H groups in total. The third kappa shape index (κ3) is 2.51. The Labute approximate surface area is 115 Å². The van der Waals surface area contributed by atoms with Gasteiger partial charge in [0.1, 0.15) is 5.39 Å². The fourth-order valence-corrected chi connectivity index (χ4v) is 1.83. The summed E-state index contributed by atoms with van der Waals surface area (Å²) >= 11 is 0. The van der Waals surface area contributed by atoms with E-state index in [0.717, 1.165) is 17.5 Å². The number of nitrogens with one attached hydrogen (secondary N) is 2. The molecular weight excluding hydrogens is 256 g/mol. The van der Waals surface area contributed by atoms with Gasteiger partial charge in [0, 0.05) is 25.4 Å². The van der Waals surface area contributed by atoms with Crippen molar-refractivity contribution >= 4 is 17.0 Å². The Morgan fingerprint density at radius 2 is 2.25 bits per heavy atom. The van der Waals surface area contributed by atoms with Gasteiger partial charge in [0.05, 0.1) is 12.8 Å². The zero-order valence-electron chi connectivity index (χ0n) is 11.0. The minimum absolute atomic E-state index is 0.495. The van der Waals surface area contributed by atoms with E-state index in [4.69, 9.17) is 4.74 Å². The topological polar surface area (TPSA) is 88.6 Å². The first-order valence-corrected chi connectivity index (χ1v) is 6.28. The minimum Gasteiger partial charge on any atom is -0.477 e. The van der Waals surface area contributed by atoms with Crippen LogP contribution in [0.3, 0.4) is 0 Å². The highest BCUT2D eigenvalue weighted by atomic mass is 16.5. The van der Waals surface area contributed by atoms with Gasteiger partial charge in [-0.2, -0.15) is 15.1 Å². The molecule has 0 amide bonds. The summed E-state index contributed by atoms with van der Waals surface area (Å²) in [5.74, 6) is 1.01. The van der Waals surface area contributed by atoms with Crippen molar-refractivity contribution in [3.05, 3.63) is 36.3 Å². The number of rotatable bonds is 5. The highest BCUT2D eigenvalue weighted by molar-refractivity contribution is 5.80. The van der Waals surface area contributed by atoms with E-state index in [9.17, 15) is 0 Å². The molecule has 0 aliphatic carbocycles. The van der Waals surface area contributed by atoms with Crippen LogP contribution in [-0.4, -0.2) is 38.8 Å². The van der Waals surface area contributed by atoms with Crippen molar-refractivity contribution in [1.29, 1.82) is 0 Å². The molecule has 0 aliphatic rings. The van der Waals surface area contributed by atoms with Gasteiger partial charge in [-0.3, -0.25) is 10.1 Å².